The maximum Gasteiger partial charge on any atom is 0.209 e. The van der Waals surface area contributed by atoms with Gasteiger partial charge < -0.3 is 4.74 Å². The molecule has 0 radical (unpaired) electrons. The van der Waals surface area contributed by atoms with Crippen molar-refractivity contribution in [3.63, 3.8) is 0 Å². The zero-order valence-electron chi connectivity index (χ0n) is 11.2. The second-order valence-corrected chi connectivity index (χ2v) is 6.95. The SMILES string of the molecule is CCn1cc(OCC2(CS(N)(=O)=O)CCCC2)cn1. The number of nitrogens with zero attached hydrogens (tertiary/aromatic N) is 2. The van der Waals surface area contributed by atoms with Gasteiger partial charge in [-0.1, -0.05) is 12.8 Å². The van der Waals surface area contributed by atoms with E-state index in [-0.39, 0.29) is 11.2 Å². The van der Waals surface area contributed by atoms with Crippen molar-refractivity contribution in [2.75, 3.05) is 12.4 Å². The van der Waals surface area contributed by atoms with Crippen molar-refractivity contribution in [2.45, 2.75) is 39.2 Å². The zero-order chi connectivity index (χ0) is 13.9. The lowest BCUT2D eigenvalue weighted by Gasteiger charge is -2.27. The molecule has 1 heterocycles. The molecule has 0 spiro atoms. The Labute approximate surface area is 114 Å². The van der Waals surface area contributed by atoms with Crippen molar-refractivity contribution < 1.29 is 13.2 Å². The van der Waals surface area contributed by atoms with Crippen LogP contribution in [0.3, 0.4) is 0 Å². The number of sulfonamides is 1. The molecular formula is C12H21N3O3S. The van der Waals surface area contributed by atoms with Crippen LogP contribution in [0.4, 0.5) is 0 Å². The summed E-state index contributed by atoms with van der Waals surface area (Å²) in [6, 6.07) is 0. The predicted octanol–water partition coefficient (Wildman–Crippen LogP) is 1.13. The van der Waals surface area contributed by atoms with E-state index in [1.807, 2.05) is 13.1 Å². The van der Waals surface area contributed by atoms with Gasteiger partial charge in [0.05, 0.1) is 24.8 Å². The summed E-state index contributed by atoms with van der Waals surface area (Å²) in [7, 11) is -3.47. The Morgan fingerprint density at radius 3 is 2.68 bits per heavy atom. The molecule has 0 amide bonds. The van der Waals surface area contributed by atoms with Gasteiger partial charge in [0, 0.05) is 12.0 Å². The third-order valence-electron chi connectivity index (χ3n) is 3.65. The molecule has 19 heavy (non-hydrogen) atoms. The van der Waals surface area contributed by atoms with Crippen LogP contribution < -0.4 is 9.88 Å². The smallest absolute Gasteiger partial charge is 0.209 e. The molecular weight excluding hydrogens is 266 g/mol. The summed E-state index contributed by atoms with van der Waals surface area (Å²) < 4.78 is 30.2. The molecule has 0 saturated heterocycles. The quantitative estimate of drug-likeness (QED) is 0.849. The van der Waals surface area contributed by atoms with Gasteiger partial charge in [-0.25, -0.2) is 13.6 Å². The number of rotatable bonds is 6. The fourth-order valence-electron chi connectivity index (χ4n) is 2.71. The van der Waals surface area contributed by atoms with E-state index in [0.29, 0.717) is 12.4 Å². The third kappa shape index (κ3) is 3.94. The van der Waals surface area contributed by atoms with E-state index in [2.05, 4.69) is 5.10 Å². The summed E-state index contributed by atoms with van der Waals surface area (Å²) in [5.41, 5.74) is -0.331. The molecule has 1 saturated carbocycles. The van der Waals surface area contributed by atoms with Crippen molar-refractivity contribution in [1.29, 1.82) is 0 Å². The second-order valence-electron chi connectivity index (χ2n) is 5.33. The van der Waals surface area contributed by atoms with Gasteiger partial charge in [0.2, 0.25) is 10.0 Å². The van der Waals surface area contributed by atoms with Gasteiger partial charge in [-0.3, -0.25) is 4.68 Å². The molecule has 1 aliphatic carbocycles. The van der Waals surface area contributed by atoms with Gasteiger partial charge in [0.15, 0.2) is 5.75 Å². The van der Waals surface area contributed by atoms with Crippen molar-refractivity contribution in [1.82, 2.24) is 9.78 Å². The summed E-state index contributed by atoms with van der Waals surface area (Å²) in [6.45, 7) is 3.17. The summed E-state index contributed by atoms with van der Waals surface area (Å²) >= 11 is 0. The minimum atomic E-state index is -3.47. The highest BCUT2D eigenvalue weighted by Crippen LogP contribution is 2.39. The average molecular weight is 287 g/mol. The molecule has 2 rings (SSSR count). The van der Waals surface area contributed by atoms with Crippen LogP contribution in [-0.2, 0) is 16.6 Å². The Morgan fingerprint density at radius 1 is 1.47 bits per heavy atom. The fourth-order valence-corrected chi connectivity index (χ4v) is 3.94. The molecule has 1 aromatic rings. The van der Waals surface area contributed by atoms with Crippen LogP contribution >= 0.6 is 0 Å². The van der Waals surface area contributed by atoms with Crippen LogP contribution in [0, 0.1) is 5.41 Å². The topological polar surface area (TPSA) is 87.2 Å². The number of ether oxygens (including phenoxy) is 1. The number of primary sulfonamides is 1. The molecule has 0 unspecified atom stereocenters. The van der Waals surface area contributed by atoms with E-state index in [4.69, 9.17) is 9.88 Å². The highest BCUT2D eigenvalue weighted by molar-refractivity contribution is 7.89. The lowest BCUT2D eigenvalue weighted by molar-refractivity contribution is 0.170. The fraction of sp³-hybridized carbons (Fsp3) is 0.750. The largest absolute Gasteiger partial charge is 0.490 e. The van der Waals surface area contributed by atoms with E-state index in [9.17, 15) is 8.42 Å². The first kappa shape index (κ1) is 14.3. The van der Waals surface area contributed by atoms with Crippen molar-refractivity contribution in [3.8, 4) is 5.75 Å². The maximum atomic E-state index is 11.4. The number of aryl methyl sites for hydroxylation is 1. The molecule has 1 aliphatic rings. The minimum Gasteiger partial charge on any atom is -0.490 e. The molecule has 108 valence electrons. The van der Waals surface area contributed by atoms with Crippen LogP contribution in [0.5, 0.6) is 5.75 Å². The summed E-state index contributed by atoms with van der Waals surface area (Å²) in [6.07, 6.45) is 7.25. The Bertz CT molecular complexity index is 518. The molecule has 7 heteroatoms. The second kappa shape index (κ2) is 5.50. The van der Waals surface area contributed by atoms with E-state index < -0.39 is 10.0 Å². The van der Waals surface area contributed by atoms with E-state index in [1.165, 1.54) is 0 Å². The molecule has 0 aromatic carbocycles. The molecule has 2 N–H and O–H groups in total. The van der Waals surface area contributed by atoms with Gasteiger partial charge in [0.25, 0.3) is 0 Å². The van der Waals surface area contributed by atoms with Crippen molar-refractivity contribution in [3.05, 3.63) is 12.4 Å². The third-order valence-corrected chi connectivity index (χ3v) is 4.66. The molecule has 1 aromatic heterocycles. The van der Waals surface area contributed by atoms with Crippen LogP contribution in [0.2, 0.25) is 0 Å². The van der Waals surface area contributed by atoms with Gasteiger partial charge in [-0.05, 0) is 19.8 Å². The lowest BCUT2D eigenvalue weighted by atomic mass is 9.90. The molecule has 0 atom stereocenters. The van der Waals surface area contributed by atoms with Gasteiger partial charge in [-0.15, -0.1) is 0 Å². The lowest BCUT2D eigenvalue weighted by Crippen LogP contribution is -2.36. The first-order chi connectivity index (χ1) is 8.92. The van der Waals surface area contributed by atoms with Crippen LogP contribution in [0.1, 0.15) is 32.6 Å². The number of hydrogen-bond acceptors (Lipinski definition) is 4. The van der Waals surface area contributed by atoms with Crippen LogP contribution in [0.15, 0.2) is 12.4 Å². The Hall–Kier alpha value is -1.08. The van der Waals surface area contributed by atoms with Gasteiger partial charge >= 0.3 is 0 Å². The van der Waals surface area contributed by atoms with E-state index in [1.54, 1.807) is 10.9 Å². The van der Waals surface area contributed by atoms with Crippen molar-refractivity contribution in [2.24, 2.45) is 10.6 Å². The Kier molecular flexibility index (Phi) is 4.15. The molecule has 6 nitrogen and oxygen atoms in total. The zero-order valence-corrected chi connectivity index (χ0v) is 12.0. The van der Waals surface area contributed by atoms with Gasteiger partial charge in [-0.2, -0.15) is 5.10 Å². The standard InChI is InChI=1S/C12H21N3O3S/c1-2-15-8-11(7-14-15)18-9-12(5-3-4-6-12)10-19(13,16)17/h7-8H,2-6,9-10H2,1H3,(H2,13,16,17). The molecule has 1 fully saturated rings. The highest BCUT2D eigenvalue weighted by atomic mass is 32.2. The summed E-state index contributed by atoms with van der Waals surface area (Å²) in [4.78, 5) is 0. The predicted molar refractivity (Wildman–Crippen MR) is 72.3 cm³/mol. The highest BCUT2D eigenvalue weighted by Gasteiger charge is 2.38. The van der Waals surface area contributed by atoms with Crippen LogP contribution in [0.25, 0.3) is 0 Å². The summed E-state index contributed by atoms with van der Waals surface area (Å²) in [5, 5.41) is 9.32. The Morgan fingerprint density at radius 2 is 2.16 bits per heavy atom. The first-order valence-corrected chi connectivity index (χ1v) is 8.30. The maximum absolute atomic E-state index is 11.4. The van der Waals surface area contributed by atoms with Gasteiger partial charge in [0.1, 0.15) is 0 Å². The van der Waals surface area contributed by atoms with Crippen molar-refractivity contribution >= 4 is 10.0 Å². The monoisotopic (exact) mass is 287 g/mol. The first-order valence-electron chi connectivity index (χ1n) is 6.58. The number of nitrogens with two attached hydrogens (primary N) is 1. The van der Waals surface area contributed by atoms with Crippen LogP contribution in [-0.4, -0.2) is 30.6 Å². The minimum absolute atomic E-state index is 0.00190. The molecule has 0 bridgehead atoms. The number of aromatic nitrogens is 2. The molecule has 0 aliphatic heterocycles. The summed E-state index contributed by atoms with van der Waals surface area (Å²) in [5.74, 6) is 0.685. The normalized spacial score (nSPS) is 18.6. The Balaban J connectivity index is 2.01. The average Bonchev–Trinajstić information content (AvgIpc) is 2.93. The number of hydrogen-bond donors (Lipinski definition) is 1. The van der Waals surface area contributed by atoms with E-state index >= 15 is 0 Å². The van der Waals surface area contributed by atoms with E-state index in [0.717, 1.165) is 32.2 Å².